The zero-order valence-corrected chi connectivity index (χ0v) is 16.8. The van der Waals surface area contributed by atoms with Gasteiger partial charge in [0.25, 0.3) is 0 Å². The average Bonchev–Trinajstić information content (AvgIpc) is 2.60. The fraction of sp³-hybridized carbons (Fsp3) is 0.545. The van der Waals surface area contributed by atoms with Crippen molar-refractivity contribution in [1.29, 1.82) is 0 Å². The summed E-state index contributed by atoms with van der Waals surface area (Å²) < 4.78 is 0. The van der Waals surface area contributed by atoms with Crippen molar-refractivity contribution >= 4 is 23.2 Å². The summed E-state index contributed by atoms with van der Waals surface area (Å²) in [5.74, 6) is 0. The minimum absolute atomic E-state index is 0. The third-order valence-corrected chi connectivity index (χ3v) is 4.94. The molecule has 0 saturated heterocycles. The Bertz CT molecular complexity index is 613. The zero-order valence-electron chi connectivity index (χ0n) is 16.0. The van der Waals surface area contributed by atoms with Crippen LogP contribution in [0.4, 0.5) is 0 Å². The summed E-state index contributed by atoms with van der Waals surface area (Å²) in [7, 11) is 0. The maximum absolute atomic E-state index is 11.2. The molecule has 0 spiro atoms. The van der Waals surface area contributed by atoms with E-state index in [1.54, 1.807) is 0 Å². The number of fused-ring (bicyclic) bond motifs is 1. The molecule has 1 unspecified atom stereocenters. The number of benzene rings is 2. The highest BCUT2D eigenvalue weighted by Crippen LogP contribution is 2.31. The number of hydrogen-bond acceptors (Lipinski definition) is 2. The molecule has 0 aliphatic heterocycles. The maximum atomic E-state index is 11.2. The first kappa shape index (κ1) is 22.0. The zero-order chi connectivity index (χ0) is 17.4. The monoisotopic (exact) mass is 363 g/mol. The van der Waals surface area contributed by atoms with Crippen molar-refractivity contribution in [3.8, 4) is 0 Å². The molecule has 25 heavy (non-hydrogen) atoms. The lowest BCUT2D eigenvalue weighted by molar-refractivity contribution is 0.0369. The highest BCUT2D eigenvalue weighted by atomic mass is 35.5. The van der Waals surface area contributed by atoms with Crippen LogP contribution >= 0.6 is 12.4 Å². The highest BCUT2D eigenvalue weighted by Gasteiger charge is 2.25. The van der Waals surface area contributed by atoms with E-state index in [0.717, 1.165) is 31.6 Å². The fourth-order valence-electron chi connectivity index (χ4n) is 3.30. The fourth-order valence-corrected chi connectivity index (χ4v) is 3.30. The van der Waals surface area contributed by atoms with E-state index in [1.165, 1.54) is 36.5 Å². The molecule has 0 aliphatic carbocycles. The van der Waals surface area contributed by atoms with Crippen LogP contribution in [-0.2, 0) is 5.60 Å². The van der Waals surface area contributed by atoms with Gasteiger partial charge in [-0.25, -0.2) is 0 Å². The number of halogens is 1. The predicted molar refractivity (Wildman–Crippen MR) is 112 cm³/mol. The Morgan fingerprint density at radius 1 is 0.880 bits per heavy atom. The third kappa shape index (κ3) is 6.29. The molecule has 2 aromatic carbocycles. The molecule has 0 bridgehead atoms. The second-order valence-electron chi connectivity index (χ2n) is 7.10. The number of hydrogen-bond donors (Lipinski definition) is 1. The van der Waals surface area contributed by atoms with Gasteiger partial charge >= 0.3 is 0 Å². The Balaban J connectivity index is 0.00000312. The van der Waals surface area contributed by atoms with Crippen molar-refractivity contribution < 1.29 is 5.11 Å². The van der Waals surface area contributed by atoms with E-state index in [9.17, 15) is 5.11 Å². The minimum atomic E-state index is -0.794. The van der Waals surface area contributed by atoms with Gasteiger partial charge in [-0.05, 0) is 55.6 Å². The van der Waals surface area contributed by atoms with Crippen molar-refractivity contribution in [3.63, 3.8) is 0 Å². The molecular formula is C22H34ClNO. The van der Waals surface area contributed by atoms with E-state index in [-0.39, 0.29) is 12.4 Å². The average molecular weight is 364 g/mol. The van der Waals surface area contributed by atoms with Gasteiger partial charge in [0.15, 0.2) is 0 Å². The summed E-state index contributed by atoms with van der Waals surface area (Å²) in [6, 6.07) is 14.6. The molecule has 0 heterocycles. The van der Waals surface area contributed by atoms with Gasteiger partial charge < -0.3 is 10.0 Å². The van der Waals surface area contributed by atoms with Gasteiger partial charge in [0.2, 0.25) is 0 Å². The van der Waals surface area contributed by atoms with Crippen LogP contribution in [0.3, 0.4) is 0 Å². The van der Waals surface area contributed by atoms with Crippen LogP contribution in [0.1, 0.15) is 58.4 Å². The number of nitrogens with zero attached hydrogens (tertiary/aromatic N) is 1. The van der Waals surface area contributed by atoms with Crippen molar-refractivity contribution in [2.24, 2.45) is 0 Å². The SMILES string of the molecule is CCCCN(CCCC)CCC(C)(O)c1cccc2ccccc12.Cl. The summed E-state index contributed by atoms with van der Waals surface area (Å²) in [6.45, 7) is 9.68. The van der Waals surface area contributed by atoms with Crippen LogP contribution in [0.2, 0.25) is 0 Å². The summed E-state index contributed by atoms with van der Waals surface area (Å²) in [5, 5.41) is 13.5. The van der Waals surface area contributed by atoms with Gasteiger partial charge in [0, 0.05) is 6.54 Å². The van der Waals surface area contributed by atoms with E-state index in [2.05, 4.69) is 61.2 Å². The number of unbranched alkanes of at least 4 members (excludes halogenated alkanes) is 2. The van der Waals surface area contributed by atoms with Gasteiger partial charge in [-0.2, -0.15) is 0 Å². The van der Waals surface area contributed by atoms with Crippen LogP contribution in [0, 0.1) is 0 Å². The summed E-state index contributed by atoms with van der Waals surface area (Å²) in [6.07, 6.45) is 5.69. The number of rotatable bonds is 10. The molecule has 2 rings (SSSR count). The lowest BCUT2D eigenvalue weighted by atomic mass is 9.88. The van der Waals surface area contributed by atoms with Crippen LogP contribution in [-0.4, -0.2) is 29.6 Å². The summed E-state index contributed by atoms with van der Waals surface area (Å²) >= 11 is 0. The van der Waals surface area contributed by atoms with Crippen LogP contribution in [0.25, 0.3) is 10.8 Å². The molecule has 3 heteroatoms. The molecule has 0 amide bonds. The standard InChI is InChI=1S/C22H33NO.ClH/c1-4-6-16-23(17-7-5-2)18-15-22(3,24)21-14-10-12-19-11-8-9-13-20(19)21;/h8-14,24H,4-7,15-18H2,1-3H3;1H. The molecule has 0 aliphatic rings. The van der Waals surface area contributed by atoms with Crippen LogP contribution in [0.5, 0.6) is 0 Å². The van der Waals surface area contributed by atoms with Gasteiger partial charge in [-0.3, -0.25) is 0 Å². The number of aliphatic hydroxyl groups is 1. The highest BCUT2D eigenvalue weighted by molar-refractivity contribution is 5.86. The van der Waals surface area contributed by atoms with Crippen molar-refractivity contribution in [2.45, 2.75) is 58.5 Å². The van der Waals surface area contributed by atoms with Gasteiger partial charge in [0.05, 0.1) is 5.60 Å². The predicted octanol–water partition coefficient (Wildman–Crippen LogP) is 5.76. The Hall–Kier alpha value is -1.09. The van der Waals surface area contributed by atoms with Gasteiger partial charge in [-0.15, -0.1) is 12.4 Å². The molecule has 0 fully saturated rings. The topological polar surface area (TPSA) is 23.5 Å². The van der Waals surface area contributed by atoms with E-state index >= 15 is 0 Å². The second kappa shape index (κ2) is 10.8. The van der Waals surface area contributed by atoms with Crippen LogP contribution < -0.4 is 0 Å². The van der Waals surface area contributed by atoms with Crippen LogP contribution in [0.15, 0.2) is 42.5 Å². The first-order chi connectivity index (χ1) is 11.6. The molecule has 0 aromatic heterocycles. The Kier molecular flexibility index (Phi) is 9.48. The molecule has 0 saturated carbocycles. The van der Waals surface area contributed by atoms with Crippen molar-refractivity contribution in [2.75, 3.05) is 19.6 Å². The van der Waals surface area contributed by atoms with Gasteiger partial charge in [0.1, 0.15) is 0 Å². The lowest BCUT2D eigenvalue weighted by Gasteiger charge is -2.30. The van der Waals surface area contributed by atoms with E-state index in [1.807, 2.05) is 6.92 Å². The largest absolute Gasteiger partial charge is 0.385 e. The molecular weight excluding hydrogens is 330 g/mol. The molecule has 140 valence electrons. The quantitative estimate of drug-likeness (QED) is 0.579. The lowest BCUT2D eigenvalue weighted by Crippen LogP contribution is -2.33. The second-order valence-corrected chi connectivity index (χ2v) is 7.10. The molecule has 2 nitrogen and oxygen atoms in total. The normalized spacial score (nSPS) is 13.6. The van der Waals surface area contributed by atoms with Gasteiger partial charge in [-0.1, -0.05) is 69.2 Å². The van der Waals surface area contributed by atoms with E-state index in [4.69, 9.17) is 0 Å². The van der Waals surface area contributed by atoms with E-state index in [0.29, 0.717) is 0 Å². The minimum Gasteiger partial charge on any atom is -0.385 e. The third-order valence-electron chi connectivity index (χ3n) is 4.94. The van der Waals surface area contributed by atoms with Crippen molar-refractivity contribution in [1.82, 2.24) is 4.90 Å². The first-order valence-electron chi connectivity index (χ1n) is 9.51. The summed E-state index contributed by atoms with van der Waals surface area (Å²) in [4.78, 5) is 2.52. The smallest absolute Gasteiger partial charge is 0.0886 e. The Morgan fingerprint density at radius 3 is 2.12 bits per heavy atom. The molecule has 2 aromatic rings. The Morgan fingerprint density at radius 2 is 1.48 bits per heavy atom. The molecule has 1 atom stereocenters. The van der Waals surface area contributed by atoms with E-state index < -0.39 is 5.60 Å². The Labute approximate surface area is 159 Å². The molecule has 0 radical (unpaired) electrons. The van der Waals surface area contributed by atoms with Crippen molar-refractivity contribution in [3.05, 3.63) is 48.0 Å². The molecule has 1 N–H and O–H groups in total. The first-order valence-corrected chi connectivity index (χ1v) is 9.51. The summed E-state index contributed by atoms with van der Waals surface area (Å²) in [5.41, 5.74) is 0.254. The maximum Gasteiger partial charge on any atom is 0.0886 e.